The summed E-state index contributed by atoms with van der Waals surface area (Å²) in [6, 6.07) is 21.2. The SMILES string of the molecule is COc1ccccc1N1C(=O)C(c2ccccc2)=C(C)N(c2ccc(O)cc2)C1(C)O[Cl+3]([O-])([O-])[O-]. The van der Waals surface area contributed by atoms with Crippen molar-refractivity contribution in [3.05, 3.63) is 90.1 Å². The summed E-state index contributed by atoms with van der Waals surface area (Å²) >= 11 is 0. The van der Waals surface area contributed by atoms with Crippen LogP contribution < -0.4 is 28.5 Å². The Balaban J connectivity index is 2.08. The molecule has 0 fully saturated rings. The summed E-state index contributed by atoms with van der Waals surface area (Å²) in [4.78, 5) is 16.6. The number of allylic oxidation sites excluding steroid dienone is 1. The molecule has 3 aromatic carbocycles. The van der Waals surface area contributed by atoms with E-state index in [9.17, 15) is 23.9 Å². The first-order valence-electron chi connectivity index (χ1n) is 10.5. The number of hydrogen-bond donors (Lipinski definition) is 1. The average molecular weight is 499 g/mol. The van der Waals surface area contributed by atoms with Gasteiger partial charge in [-0.3, -0.25) is 9.69 Å². The zero-order chi connectivity index (χ0) is 25.4. The number of benzene rings is 3. The minimum Gasteiger partial charge on any atom is -0.508 e. The fourth-order valence-electron chi connectivity index (χ4n) is 4.35. The molecule has 35 heavy (non-hydrogen) atoms. The molecule has 1 heterocycles. The molecule has 0 aromatic heterocycles. The Labute approximate surface area is 204 Å². The molecule has 1 atom stereocenters. The van der Waals surface area contributed by atoms with Gasteiger partial charge in [0.1, 0.15) is 15.8 Å². The van der Waals surface area contributed by atoms with Crippen molar-refractivity contribution < 1.29 is 43.1 Å². The van der Waals surface area contributed by atoms with Crippen molar-refractivity contribution in [3.63, 3.8) is 0 Å². The van der Waals surface area contributed by atoms with E-state index in [1.165, 1.54) is 43.2 Å². The largest absolute Gasteiger partial charge is 0.508 e. The number of carbonyl (C=O) groups is 1. The van der Waals surface area contributed by atoms with Crippen molar-refractivity contribution in [2.45, 2.75) is 19.7 Å². The Morgan fingerprint density at radius 1 is 0.886 bits per heavy atom. The number of halogens is 1. The van der Waals surface area contributed by atoms with E-state index < -0.39 is 22.0 Å². The Morgan fingerprint density at radius 3 is 2.09 bits per heavy atom. The van der Waals surface area contributed by atoms with Crippen LogP contribution in [-0.2, 0) is 9.08 Å². The van der Waals surface area contributed by atoms with Crippen LogP contribution in [0.2, 0.25) is 0 Å². The van der Waals surface area contributed by atoms with E-state index in [1.54, 1.807) is 61.5 Å². The number of para-hydroxylation sites is 2. The molecule has 1 N–H and O–H groups in total. The number of aromatic hydroxyl groups is 1. The van der Waals surface area contributed by atoms with Crippen LogP contribution in [-0.4, -0.2) is 24.0 Å². The molecule has 4 rings (SSSR count). The third-order valence-corrected chi connectivity index (χ3v) is 6.16. The lowest BCUT2D eigenvalue weighted by atomic mass is 9.96. The lowest BCUT2D eigenvalue weighted by Crippen LogP contribution is -2.73. The van der Waals surface area contributed by atoms with E-state index in [0.29, 0.717) is 16.9 Å². The smallest absolute Gasteiger partial charge is 0.383 e. The van der Waals surface area contributed by atoms with Crippen LogP contribution in [0.4, 0.5) is 11.4 Å². The van der Waals surface area contributed by atoms with Crippen molar-refractivity contribution in [2.75, 3.05) is 16.9 Å². The first-order valence-corrected chi connectivity index (χ1v) is 11.7. The van der Waals surface area contributed by atoms with Crippen LogP contribution in [0.5, 0.6) is 11.5 Å². The molecule has 10 heteroatoms. The topological polar surface area (TPSA) is 131 Å². The monoisotopic (exact) mass is 498 g/mol. The van der Waals surface area contributed by atoms with Crippen LogP contribution in [0, 0.1) is 10.2 Å². The second-order valence-electron chi connectivity index (χ2n) is 7.88. The number of phenols is 1. The Hall–Kier alpha value is -3.60. The molecule has 0 saturated carbocycles. The standard InChI is InChI=1S/C25H23ClN2O7/c1-17-23(18-9-5-4-6-10-18)24(30)28(21-11-7-8-12-22(21)34-3)25(2,35-26(31,32)33)27(17)19-13-15-20(29)16-14-19/h4-16,29H,1-3H3. The van der Waals surface area contributed by atoms with Gasteiger partial charge in [-0.25, -0.2) is 4.90 Å². The molecular weight excluding hydrogens is 476 g/mol. The summed E-state index contributed by atoms with van der Waals surface area (Å²) in [5.74, 6) is -2.54. The molecule has 1 aliphatic heterocycles. The number of carbonyl (C=O) groups excluding carboxylic acids is 1. The van der Waals surface area contributed by atoms with Gasteiger partial charge >= 0.3 is 5.85 Å². The molecule has 9 nitrogen and oxygen atoms in total. The number of rotatable bonds is 6. The van der Waals surface area contributed by atoms with Crippen molar-refractivity contribution >= 4 is 22.9 Å². The number of nitrogens with zero attached hydrogens (tertiary/aromatic N) is 2. The molecule has 0 bridgehead atoms. The van der Waals surface area contributed by atoms with E-state index in [-0.39, 0.29) is 22.8 Å². The fourth-order valence-corrected chi connectivity index (χ4v) is 4.84. The van der Waals surface area contributed by atoms with Crippen molar-refractivity contribution in [1.29, 1.82) is 0 Å². The van der Waals surface area contributed by atoms with Gasteiger partial charge in [-0.2, -0.15) is 14.0 Å². The van der Waals surface area contributed by atoms with E-state index in [4.69, 9.17) is 9.03 Å². The molecule has 3 aromatic rings. The summed E-state index contributed by atoms with van der Waals surface area (Å²) in [5.41, 5.74) is 1.71. The molecule has 0 aliphatic carbocycles. The first kappa shape index (κ1) is 24.5. The zero-order valence-corrected chi connectivity index (χ0v) is 19.9. The molecule has 182 valence electrons. The molecule has 1 unspecified atom stereocenters. The summed E-state index contributed by atoms with van der Waals surface area (Å²) in [6.07, 6.45) is 0. The maximum atomic E-state index is 14.1. The highest BCUT2D eigenvalue weighted by atomic mass is 35.7. The summed E-state index contributed by atoms with van der Waals surface area (Å²) in [5, 5.41) is 9.82. The molecule has 1 aliphatic rings. The van der Waals surface area contributed by atoms with Gasteiger partial charge in [0.2, 0.25) is 0 Å². The van der Waals surface area contributed by atoms with E-state index in [1.807, 2.05) is 0 Å². The van der Waals surface area contributed by atoms with Gasteiger partial charge in [-0.1, -0.05) is 42.5 Å². The Bertz CT molecular complexity index is 1260. The lowest BCUT2D eigenvalue weighted by Gasteiger charge is -2.48. The number of methoxy groups -OCH3 is 1. The van der Waals surface area contributed by atoms with Gasteiger partial charge in [0.15, 0.2) is 0 Å². The van der Waals surface area contributed by atoms with Gasteiger partial charge < -0.3 is 9.84 Å². The highest BCUT2D eigenvalue weighted by molar-refractivity contribution is 6.29. The number of phenolic OH excluding ortho intramolecular Hbond substituents is 1. The fraction of sp³-hybridized carbons (Fsp3) is 0.160. The van der Waals surface area contributed by atoms with Gasteiger partial charge in [0.05, 0.1) is 28.6 Å². The van der Waals surface area contributed by atoms with Crippen LogP contribution in [0.3, 0.4) is 0 Å². The molecule has 0 radical (unpaired) electrons. The molecule has 0 spiro atoms. The van der Waals surface area contributed by atoms with Crippen molar-refractivity contribution in [3.8, 4) is 11.5 Å². The number of anilines is 2. The zero-order valence-electron chi connectivity index (χ0n) is 19.2. The first-order chi connectivity index (χ1) is 16.6. The minimum atomic E-state index is -5.00. The summed E-state index contributed by atoms with van der Waals surface area (Å²) in [6.45, 7) is 2.93. The quantitative estimate of drug-likeness (QED) is 0.537. The van der Waals surface area contributed by atoms with E-state index in [0.717, 1.165) is 4.90 Å². The Kier molecular flexibility index (Phi) is 6.46. The summed E-state index contributed by atoms with van der Waals surface area (Å²) < 4.78 is 46.5. The molecule has 1 amide bonds. The highest BCUT2D eigenvalue weighted by Crippen LogP contribution is 2.46. The van der Waals surface area contributed by atoms with E-state index >= 15 is 0 Å². The van der Waals surface area contributed by atoms with E-state index in [2.05, 4.69) is 0 Å². The normalized spacial score (nSPS) is 18.7. The van der Waals surface area contributed by atoms with Crippen LogP contribution in [0.25, 0.3) is 5.57 Å². The van der Waals surface area contributed by atoms with Crippen molar-refractivity contribution in [1.82, 2.24) is 0 Å². The molecule has 0 saturated heterocycles. The third kappa shape index (κ3) is 4.55. The van der Waals surface area contributed by atoms with Gasteiger partial charge in [0.25, 0.3) is 5.91 Å². The number of ether oxygens (including phenoxy) is 1. The maximum Gasteiger partial charge on any atom is 0.383 e. The molecular formula is C25H23ClN2O7. The van der Waals surface area contributed by atoms with Gasteiger partial charge in [-0.15, -0.1) is 0 Å². The Morgan fingerprint density at radius 2 is 1.49 bits per heavy atom. The summed E-state index contributed by atoms with van der Waals surface area (Å²) in [7, 11) is -3.59. The van der Waals surface area contributed by atoms with Crippen LogP contribution >= 0.6 is 0 Å². The van der Waals surface area contributed by atoms with Gasteiger partial charge in [0, 0.05) is 18.3 Å². The second-order valence-corrected chi connectivity index (χ2v) is 8.79. The minimum absolute atomic E-state index is 0.0227. The maximum absolute atomic E-state index is 14.1. The second kappa shape index (κ2) is 9.21. The average Bonchev–Trinajstić information content (AvgIpc) is 2.80. The van der Waals surface area contributed by atoms with Crippen LogP contribution in [0.1, 0.15) is 19.4 Å². The van der Waals surface area contributed by atoms with Gasteiger partial charge in [-0.05, 0) is 48.9 Å². The highest BCUT2D eigenvalue weighted by Gasteiger charge is 2.60. The lowest BCUT2D eigenvalue weighted by molar-refractivity contribution is -1.92. The third-order valence-electron chi connectivity index (χ3n) is 5.68. The number of amides is 1. The number of hydrogen-bond acceptors (Lipinski definition) is 8. The van der Waals surface area contributed by atoms with Crippen molar-refractivity contribution in [2.24, 2.45) is 0 Å². The predicted octanol–water partition coefficient (Wildman–Crippen LogP) is 1.27. The van der Waals surface area contributed by atoms with Crippen LogP contribution in [0.15, 0.2) is 84.6 Å². The predicted molar refractivity (Wildman–Crippen MR) is 120 cm³/mol.